The van der Waals surface area contributed by atoms with Gasteiger partial charge in [0.1, 0.15) is 0 Å². The van der Waals surface area contributed by atoms with Gasteiger partial charge in [-0.25, -0.2) is 4.99 Å². The van der Waals surface area contributed by atoms with E-state index in [2.05, 4.69) is 22.3 Å². The Hall–Kier alpha value is -1.47. The largest absolute Gasteiger partial charge is 0.224 e. The van der Waals surface area contributed by atoms with Crippen molar-refractivity contribution < 1.29 is 0 Å². The van der Waals surface area contributed by atoms with Crippen LogP contribution >= 0.6 is 23.8 Å². The van der Waals surface area contributed by atoms with E-state index in [1.165, 1.54) is 5.56 Å². The predicted octanol–water partition coefficient (Wildman–Crippen LogP) is 4.73. The lowest BCUT2D eigenvalue weighted by molar-refractivity contribution is 0.730. The molecule has 90 valence electrons. The molecular formula is C15H12ClNS. The predicted molar refractivity (Wildman–Crippen MR) is 79.4 cm³/mol. The van der Waals surface area contributed by atoms with E-state index in [1.54, 1.807) is 0 Å². The molecule has 0 bridgehead atoms. The van der Waals surface area contributed by atoms with Crippen molar-refractivity contribution in [1.29, 1.82) is 0 Å². The second kappa shape index (κ2) is 6.46. The number of hydrogen-bond donors (Lipinski definition) is 0. The van der Waals surface area contributed by atoms with Crippen LogP contribution in [0.15, 0.2) is 59.6 Å². The lowest BCUT2D eigenvalue weighted by Gasteiger charge is -2.11. The van der Waals surface area contributed by atoms with Crippen LogP contribution in [0.25, 0.3) is 0 Å². The summed E-state index contributed by atoms with van der Waals surface area (Å²) >= 11 is 10.6. The van der Waals surface area contributed by atoms with Crippen molar-refractivity contribution in [3.8, 4) is 0 Å². The van der Waals surface area contributed by atoms with Crippen molar-refractivity contribution in [3.63, 3.8) is 0 Å². The molecule has 0 aliphatic carbocycles. The molecule has 0 heterocycles. The van der Waals surface area contributed by atoms with Crippen LogP contribution in [0.3, 0.4) is 0 Å². The first kappa shape index (κ1) is 13.0. The zero-order valence-corrected chi connectivity index (χ0v) is 11.3. The van der Waals surface area contributed by atoms with Crippen molar-refractivity contribution in [2.75, 3.05) is 0 Å². The minimum absolute atomic E-state index is 0.0184. The summed E-state index contributed by atoms with van der Waals surface area (Å²) in [5, 5.41) is 3.22. The molecule has 3 heteroatoms. The molecule has 1 unspecified atom stereocenters. The summed E-state index contributed by atoms with van der Waals surface area (Å²) in [6.07, 6.45) is 0.796. The van der Waals surface area contributed by atoms with Gasteiger partial charge in [0.05, 0.1) is 11.2 Å². The molecule has 0 amide bonds. The molecular weight excluding hydrogens is 262 g/mol. The molecule has 1 nitrogen and oxygen atoms in total. The van der Waals surface area contributed by atoms with Crippen molar-refractivity contribution in [2.24, 2.45) is 4.99 Å². The zero-order chi connectivity index (χ0) is 12.8. The molecule has 0 saturated carbocycles. The zero-order valence-electron chi connectivity index (χ0n) is 9.71. The smallest absolute Gasteiger partial charge is 0.0892 e. The average Bonchev–Trinajstić information content (AvgIpc) is 2.42. The fourth-order valence-electron chi connectivity index (χ4n) is 1.82. The monoisotopic (exact) mass is 273 g/mol. The molecule has 0 N–H and O–H groups in total. The van der Waals surface area contributed by atoms with Crippen LogP contribution in [0.5, 0.6) is 0 Å². The number of halogens is 1. The summed E-state index contributed by atoms with van der Waals surface area (Å²) < 4.78 is 0. The second-order valence-electron chi connectivity index (χ2n) is 3.98. The van der Waals surface area contributed by atoms with Crippen LogP contribution in [0, 0.1) is 0 Å². The van der Waals surface area contributed by atoms with Gasteiger partial charge in [0.15, 0.2) is 0 Å². The first-order valence-corrected chi connectivity index (χ1v) is 6.44. The summed E-state index contributed by atoms with van der Waals surface area (Å²) in [7, 11) is 0. The van der Waals surface area contributed by atoms with Crippen molar-refractivity contribution in [2.45, 2.75) is 12.5 Å². The van der Waals surface area contributed by atoms with E-state index in [1.807, 2.05) is 42.5 Å². The average molecular weight is 274 g/mol. The van der Waals surface area contributed by atoms with Crippen molar-refractivity contribution in [1.82, 2.24) is 0 Å². The minimum Gasteiger partial charge on any atom is -0.224 e. The molecule has 0 saturated heterocycles. The SMILES string of the molecule is S=C=NC(Cc1ccc(Cl)cc1)c1ccccc1. The molecule has 18 heavy (non-hydrogen) atoms. The van der Waals surface area contributed by atoms with Gasteiger partial charge in [-0.1, -0.05) is 54.1 Å². The third-order valence-electron chi connectivity index (χ3n) is 2.74. The Morgan fingerprint density at radius 1 is 1.06 bits per heavy atom. The summed E-state index contributed by atoms with van der Waals surface area (Å²) in [6, 6.07) is 17.9. The number of benzene rings is 2. The van der Waals surface area contributed by atoms with Crippen LogP contribution in [0.1, 0.15) is 17.2 Å². The molecule has 2 aromatic rings. The van der Waals surface area contributed by atoms with Gasteiger partial charge < -0.3 is 0 Å². The van der Waals surface area contributed by atoms with Gasteiger partial charge in [0.2, 0.25) is 0 Å². The van der Waals surface area contributed by atoms with E-state index in [-0.39, 0.29) is 6.04 Å². The van der Waals surface area contributed by atoms with Gasteiger partial charge in [-0.05, 0) is 41.9 Å². The molecule has 0 spiro atoms. The standard InChI is InChI=1S/C15H12ClNS/c16-14-8-6-12(7-9-14)10-15(17-11-18)13-4-2-1-3-5-13/h1-9,15H,10H2. The molecule has 2 aromatic carbocycles. The van der Waals surface area contributed by atoms with Crippen molar-refractivity contribution >= 4 is 29.0 Å². The topological polar surface area (TPSA) is 12.4 Å². The maximum Gasteiger partial charge on any atom is 0.0892 e. The summed E-state index contributed by atoms with van der Waals surface area (Å²) in [4.78, 5) is 4.24. The van der Waals surface area contributed by atoms with Gasteiger partial charge in [0, 0.05) is 5.02 Å². The Balaban J connectivity index is 2.22. The Morgan fingerprint density at radius 2 is 1.72 bits per heavy atom. The fraction of sp³-hybridized carbons (Fsp3) is 0.133. The first-order valence-electron chi connectivity index (χ1n) is 5.66. The Morgan fingerprint density at radius 3 is 2.33 bits per heavy atom. The third-order valence-corrected chi connectivity index (χ3v) is 3.09. The molecule has 0 fully saturated rings. The normalized spacial score (nSPS) is 11.6. The molecule has 1 atom stereocenters. The van der Waals surface area contributed by atoms with E-state index in [4.69, 9.17) is 23.8 Å². The highest BCUT2D eigenvalue weighted by Gasteiger charge is 2.10. The van der Waals surface area contributed by atoms with Crippen LogP contribution in [0.4, 0.5) is 0 Å². The van der Waals surface area contributed by atoms with Gasteiger partial charge in [-0.3, -0.25) is 0 Å². The number of rotatable bonds is 4. The van der Waals surface area contributed by atoms with Crippen LogP contribution in [-0.2, 0) is 6.42 Å². The van der Waals surface area contributed by atoms with Crippen LogP contribution in [0.2, 0.25) is 5.02 Å². The quantitative estimate of drug-likeness (QED) is 0.580. The Labute approximate surface area is 117 Å². The first-order chi connectivity index (χ1) is 8.79. The summed E-state index contributed by atoms with van der Waals surface area (Å²) in [5.74, 6) is 0. The van der Waals surface area contributed by atoms with E-state index in [9.17, 15) is 0 Å². The fourth-order valence-corrected chi connectivity index (χ4v) is 2.07. The Bertz CT molecular complexity index is 544. The highest BCUT2D eigenvalue weighted by Crippen LogP contribution is 2.22. The molecule has 0 radical (unpaired) electrons. The van der Waals surface area contributed by atoms with Gasteiger partial charge in [-0.2, -0.15) is 0 Å². The number of hydrogen-bond acceptors (Lipinski definition) is 2. The third kappa shape index (κ3) is 3.51. The van der Waals surface area contributed by atoms with Crippen molar-refractivity contribution in [3.05, 3.63) is 70.7 Å². The van der Waals surface area contributed by atoms with E-state index in [0.29, 0.717) is 0 Å². The molecule has 0 aromatic heterocycles. The van der Waals surface area contributed by atoms with E-state index < -0.39 is 0 Å². The Kier molecular flexibility index (Phi) is 4.66. The van der Waals surface area contributed by atoms with Gasteiger partial charge in [-0.15, -0.1) is 0 Å². The van der Waals surface area contributed by atoms with E-state index in [0.717, 1.165) is 17.0 Å². The number of aliphatic imine (C=N–C) groups is 1. The molecule has 0 aliphatic heterocycles. The summed E-state index contributed by atoms with van der Waals surface area (Å²) in [6.45, 7) is 0. The van der Waals surface area contributed by atoms with Crippen LogP contribution < -0.4 is 0 Å². The van der Waals surface area contributed by atoms with Crippen LogP contribution in [-0.4, -0.2) is 5.16 Å². The highest BCUT2D eigenvalue weighted by molar-refractivity contribution is 7.78. The molecule has 0 aliphatic rings. The number of isothiocyanates is 1. The number of thiocarbonyl (C=S) groups is 1. The summed E-state index contributed by atoms with van der Waals surface area (Å²) in [5.41, 5.74) is 2.33. The van der Waals surface area contributed by atoms with Gasteiger partial charge >= 0.3 is 0 Å². The highest BCUT2D eigenvalue weighted by atomic mass is 35.5. The maximum absolute atomic E-state index is 5.87. The molecule has 2 rings (SSSR count). The lowest BCUT2D eigenvalue weighted by Crippen LogP contribution is -1.99. The minimum atomic E-state index is 0.0184. The number of nitrogens with zero attached hydrogens (tertiary/aromatic N) is 1. The lowest BCUT2D eigenvalue weighted by atomic mass is 9.99. The maximum atomic E-state index is 5.87. The van der Waals surface area contributed by atoms with E-state index >= 15 is 0 Å². The second-order valence-corrected chi connectivity index (χ2v) is 4.60. The van der Waals surface area contributed by atoms with Gasteiger partial charge in [0.25, 0.3) is 0 Å².